The number of sulfone groups is 6. The van der Waals surface area contributed by atoms with E-state index in [1.165, 1.54) is 24.3 Å². The van der Waals surface area contributed by atoms with Crippen LogP contribution in [0.15, 0.2) is 204 Å². The quantitative estimate of drug-likeness (QED) is 0.0803. The lowest BCUT2D eigenvalue weighted by Gasteiger charge is -2.18. The predicted molar refractivity (Wildman–Crippen MR) is 296 cm³/mol. The van der Waals surface area contributed by atoms with E-state index in [2.05, 4.69) is 0 Å². The Morgan fingerprint density at radius 2 is 0.512 bits per heavy atom. The highest BCUT2D eigenvalue weighted by molar-refractivity contribution is 7.93. The van der Waals surface area contributed by atoms with Crippen LogP contribution in [0.1, 0.15) is 44.5 Å². The summed E-state index contributed by atoms with van der Waals surface area (Å²) in [6, 6.07) is 29.3. The van der Waals surface area contributed by atoms with Gasteiger partial charge in [-0.1, -0.05) is 70.8 Å². The van der Waals surface area contributed by atoms with E-state index < -0.39 is 123 Å². The van der Waals surface area contributed by atoms with Crippen molar-refractivity contribution in [2.45, 2.75) is 114 Å². The first-order valence-electron chi connectivity index (χ1n) is 24.3. The Hall–Kier alpha value is -7.34. The maximum atomic E-state index is 14.7. The van der Waals surface area contributed by atoms with Gasteiger partial charge < -0.3 is 19.7 Å². The molecule has 2 N–H and O–H groups in total. The summed E-state index contributed by atoms with van der Waals surface area (Å²) in [4.78, 5) is -5.76. The molecule has 0 amide bonds. The largest absolute Gasteiger partial charge is 0.507 e. The Kier molecular flexibility index (Phi) is 15.9. The van der Waals surface area contributed by atoms with Gasteiger partial charge in [0.05, 0.1) is 39.2 Å². The summed E-state index contributed by atoms with van der Waals surface area (Å²) in [7, 11) is -27.8. The van der Waals surface area contributed by atoms with E-state index in [1.54, 1.807) is 104 Å². The van der Waals surface area contributed by atoms with Crippen molar-refractivity contribution in [3.8, 4) is 23.0 Å². The SMILES string of the molecule is Cc1ccc(S(=O)(=O)c2cc(S(=O)(=O)c3ccc(OCCOc4ccc(S(=O)(=O)c5ccc(O)c(S(=O)(=O)c6ccc(C)cc6C)c5)cc4S(=O)(=O)c4ccc(C)cc4C)c(S(=O)(=O)c4ccc(C)cc4C)c3)ccc2O)c(C)c1. The Labute approximate surface area is 466 Å². The molecule has 0 fully saturated rings. The molecule has 0 aromatic heterocycles. The molecule has 0 saturated carbocycles. The zero-order valence-electron chi connectivity index (χ0n) is 44.3. The molecule has 0 heterocycles. The van der Waals surface area contributed by atoms with Crippen molar-refractivity contribution in [3.05, 3.63) is 190 Å². The average molecular weight is 1200 g/mol. The van der Waals surface area contributed by atoms with Crippen LogP contribution in [0.3, 0.4) is 0 Å². The van der Waals surface area contributed by atoms with Crippen molar-refractivity contribution in [3.63, 3.8) is 0 Å². The summed E-state index contributed by atoms with van der Waals surface area (Å²) in [5.74, 6) is -2.19. The van der Waals surface area contributed by atoms with E-state index in [4.69, 9.17) is 9.47 Å². The highest BCUT2D eigenvalue weighted by Gasteiger charge is 2.33. The smallest absolute Gasteiger partial charge is 0.210 e. The second-order valence-electron chi connectivity index (χ2n) is 19.3. The van der Waals surface area contributed by atoms with Crippen LogP contribution >= 0.6 is 0 Å². The number of hydrogen-bond donors (Lipinski definition) is 2. The van der Waals surface area contributed by atoms with Gasteiger partial charge in [-0.2, -0.15) is 0 Å². The zero-order chi connectivity index (χ0) is 58.7. The molecule has 16 nitrogen and oxygen atoms in total. The van der Waals surface area contributed by atoms with E-state index >= 15 is 0 Å². The normalized spacial score (nSPS) is 12.6. The Balaban J connectivity index is 1.16. The first-order chi connectivity index (χ1) is 37.3. The molecular formula is C58H54O16S6. The molecule has 8 aromatic rings. The lowest BCUT2D eigenvalue weighted by molar-refractivity contribution is 0.210. The fraction of sp³-hybridized carbons (Fsp3) is 0.172. The molecule has 0 aliphatic carbocycles. The van der Waals surface area contributed by atoms with Crippen LogP contribution < -0.4 is 9.47 Å². The molecule has 8 rings (SSSR count). The van der Waals surface area contributed by atoms with Crippen molar-refractivity contribution in [1.29, 1.82) is 0 Å². The molecule has 0 radical (unpaired) electrons. The molecule has 0 atom stereocenters. The van der Waals surface area contributed by atoms with Crippen LogP contribution in [0.2, 0.25) is 0 Å². The minimum atomic E-state index is -4.76. The van der Waals surface area contributed by atoms with E-state index in [9.17, 15) is 60.7 Å². The van der Waals surface area contributed by atoms with Crippen molar-refractivity contribution in [2.75, 3.05) is 13.2 Å². The Bertz CT molecular complexity index is 4280. The standard InChI is InChI=1S/C58H54O16S6/c1-35-9-21-51(39(5)27-35)77(65,66)55-31-43(13-17-47(55)59)75(61,62)45-15-19-49(57(33-45)79(69,70)53-23-11-37(3)29-41(53)7)73-25-26-74-50-20-16-46(34-58(50)80(71,72)54-24-12-38(4)30-42(54)8)76(63,64)44-14-18-48(60)56(32-44)78(67,68)52-22-10-36(2)28-40(52)6/h9-24,27-34,59-60H,25-26H2,1-8H3. The molecule has 0 saturated heterocycles. The van der Waals surface area contributed by atoms with Crippen LogP contribution in [0.5, 0.6) is 23.0 Å². The summed E-state index contributed by atoms with van der Waals surface area (Å²) < 4.78 is 184. The number of hydrogen-bond acceptors (Lipinski definition) is 16. The van der Waals surface area contributed by atoms with Gasteiger partial charge >= 0.3 is 0 Å². The van der Waals surface area contributed by atoms with Crippen molar-refractivity contribution < 1.29 is 70.2 Å². The second-order valence-corrected chi connectivity index (χ2v) is 30.7. The molecular weight excluding hydrogens is 1150 g/mol. The molecule has 80 heavy (non-hydrogen) atoms. The first kappa shape index (κ1) is 58.8. The van der Waals surface area contributed by atoms with Crippen molar-refractivity contribution in [1.82, 2.24) is 0 Å². The van der Waals surface area contributed by atoms with E-state index in [-0.39, 0.29) is 31.1 Å². The Morgan fingerprint density at radius 1 is 0.275 bits per heavy atom. The van der Waals surface area contributed by atoms with Gasteiger partial charge in [-0.3, -0.25) is 0 Å². The van der Waals surface area contributed by atoms with Crippen molar-refractivity contribution in [2.24, 2.45) is 0 Å². The summed E-state index contributed by atoms with van der Waals surface area (Å²) >= 11 is 0. The average Bonchev–Trinajstić information content (AvgIpc) is 3.56. The van der Waals surface area contributed by atoms with Gasteiger partial charge in [0.1, 0.15) is 55.8 Å². The lowest BCUT2D eigenvalue weighted by atomic mass is 10.2. The fourth-order valence-corrected chi connectivity index (χ4v) is 18.6. The molecule has 8 aromatic carbocycles. The molecule has 0 spiro atoms. The molecule has 0 aliphatic rings. The monoisotopic (exact) mass is 1200 g/mol. The summed E-state index contributed by atoms with van der Waals surface area (Å²) in [6.45, 7) is 12.2. The van der Waals surface area contributed by atoms with E-state index in [0.717, 1.165) is 95.1 Å². The third-order valence-electron chi connectivity index (χ3n) is 13.2. The van der Waals surface area contributed by atoms with Gasteiger partial charge in [-0.05, 0) is 175 Å². The van der Waals surface area contributed by atoms with Crippen LogP contribution in [-0.4, -0.2) is 73.9 Å². The minimum Gasteiger partial charge on any atom is -0.507 e. The summed E-state index contributed by atoms with van der Waals surface area (Å²) in [5, 5.41) is 21.6. The predicted octanol–water partition coefficient (Wildman–Crippen LogP) is 10.0. The highest BCUT2D eigenvalue weighted by atomic mass is 32.2. The van der Waals surface area contributed by atoms with Crippen LogP contribution in [-0.2, 0) is 59.0 Å². The van der Waals surface area contributed by atoms with Crippen molar-refractivity contribution >= 4 is 59.0 Å². The maximum Gasteiger partial charge on any atom is 0.210 e. The number of rotatable bonds is 17. The van der Waals surface area contributed by atoms with Gasteiger partial charge in [0.15, 0.2) is 0 Å². The summed E-state index contributed by atoms with van der Waals surface area (Å²) in [5.41, 5.74) is 4.29. The van der Waals surface area contributed by atoms with Crippen LogP contribution in [0.25, 0.3) is 0 Å². The van der Waals surface area contributed by atoms with Gasteiger partial charge in [0.2, 0.25) is 59.0 Å². The minimum absolute atomic E-state index is 0.172. The van der Waals surface area contributed by atoms with Gasteiger partial charge in [0.25, 0.3) is 0 Å². The first-order valence-corrected chi connectivity index (χ1v) is 33.2. The third-order valence-corrected chi connectivity index (χ3v) is 24.4. The second kappa shape index (κ2) is 21.6. The fourth-order valence-electron chi connectivity index (χ4n) is 9.18. The van der Waals surface area contributed by atoms with E-state index in [0.29, 0.717) is 22.3 Å². The number of aromatic hydroxyl groups is 2. The number of aryl methyl sites for hydroxylation is 8. The number of phenols is 2. The van der Waals surface area contributed by atoms with Gasteiger partial charge in [-0.15, -0.1) is 0 Å². The Morgan fingerprint density at radius 3 is 0.775 bits per heavy atom. The molecule has 0 bridgehead atoms. The van der Waals surface area contributed by atoms with Crippen LogP contribution in [0.4, 0.5) is 0 Å². The molecule has 22 heteroatoms. The molecule has 418 valence electrons. The molecule has 0 aliphatic heterocycles. The number of phenolic OH excluding ortho intramolecular Hbond substituents is 2. The van der Waals surface area contributed by atoms with Gasteiger partial charge in [0, 0.05) is 0 Å². The lowest BCUT2D eigenvalue weighted by Crippen LogP contribution is -2.15. The topological polar surface area (TPSA) is 264 Å². The highest BCUT2D eigenvalue weighted by Crippen LogP contribution is 2.40. The number of ether oxygens (including phenoxy) is 2. The zero-order valence-corrected chi connectivity index (χ0v) is 49.2. The molecule has 0 unspecified atom stereocenters. The van der Waals surface area contributed by atoms with Crippen LogP contribution in [0, 0.1) is 55.4 Å². The number of benzene rings is 8. The third kappa shape index (κ3) is 11.1. The van der Waals surface area contributed by atoms with Gasteiger partial charge in [-0.25, -0.2) is 50.5 Å². The summed E-state index contributed by atoms with van der Waals surface area (Å²) in [6.07, 6.45) is 0. The maximum absolute atomic E-state index is 14.7. The van der Waals surface area contributed by atoms with E-state index in [1.807, 2.05) is 0 Å².